The van der Waals surface area contributed by atoms with E-state index in [4.69, 9.17) is 0 Å². The summed E-state index contributed by atoms with van der Waals surface area (Å²) in [4.78, 5) is 4.13. The standard InChI is InChI=1S/C18H20N2S2/c1-2-15-10-20(17-11-19-6-3-13(17)4-7-19)22-18(15)9-14(1)16-5-8-21-12-16/h1-2,5,8-9,12-13,17H,3-4,6-7,10-11H2/t17-/m1/s1. The third-order valence-electron chi connectivity index (χ3n) is 5.46. The van der Waals surface area contributed by atoms with Crippen molar-refractivity contribution >= 4 is 23.3 Å². The average Bonchev–Trinajstić information content (AvgIpc) is 3.24. The van der Waals surface area contributed by atoms with Crippen LogP contribution in [0.2, 0.25) is 0 Å². The minimum absolute atomic E-state index is 0.754. The third kappa shape index (κ3) is 2.24. The van der Waals surface area contributed by atoms with Gasteiger partial charge in [0.05, 0.1) is 0 Å². The van der Waals surface area contributed by atoms with Gasteiger partial charge in [-0.1, -0.05) is 12.1 Å². The minimum atomic E-state index is 0.754. The maximum atomic E-state index is 2.66. The van der Waals surface area contributed by atoms with E-state index in [1.165, 1.54) is 54.1 Å². The molecule has 5 heterocycles. The van der Waals surface area contributed by atoms with Crippen molar-refractivity contribution in [2.45, 2.75) is 30.3 Å². The van der Waals surface area contributed by atoms with Gasteiger partial charge in [-0.2, -0.15) is 11.3 Å². The van der Waals surface area contributed by atoms with Gasteiger partial charge in [0.15, 0.2) is 0 Å². The number of rotatable bonds is 2. The molecule has 22 heavy (non-hydrogen) atoms. The number of nitrogens with zero attached hydrogens (tertiary/aromatic N) is 2. The van der Waals surface area contributed by atoms with Crippen LogP contribution in [0.15, 0.2) is 39.9 Å². The van der Waals surface area contributed by atoms with Crippen molar-refractivity contribution in [1.82, 2.24) is 9.21 Å². The summed E-state index contributed by atoms with van der Waals surface area (Å²) >= 11 is 3.78. The predicted molar refractivity (Wildman–Crippen MR) is 94.1 cm³/mol. The number of hydrogen-bond donors (Lipinski definition) is 0. The molecule has 0 aliphatic carbocycles. The third-order valence-corrected chi connectivity index (χ3v) is 7.35. The molecule has 1 aromatic heterocycles. The fourth-order valence-corrected chi connectivity index (χ4v) is 6.07. The Morgan fingerprint density at radius 2 is 1.95 bits per heavy atom. The van der Waals surface area contributed by atoms with Gasteiger partial charge >= 0.3 is 0 Å². The molecule has 4 heteroatoms. The van der Waals surface area contributed by atoms with Crippen LogP contribution in [0.5, 0.6) is 0 Å². The highest BCUT2D eigenvalue weighted by molar-refractivity contribution is 7.97. The van der Waals surface area contributed by atoms with E-state index in [2.05, 4.69) is 44.2 Å². The lowest BCUT2D eigenvalue weighted by Gasteiger charge is -2.47. The van der Waals surface area contributed by atoms with Gasteiger partial charge in [0, 0.05) is 24.0 Å². The van der Waals surface area contributed by atoms with Crippen LogP contribution in [-0.2, 0) is 6.54 Å². The first-order chi connectivity index (χ1) is 10.9. The number of benzene rings is 1. The molecule has 0 amide bonds. The number of piperidine rings is 3. The average molecular weight is 329 g/mol. The van der Waals surface area contributed by atoms with Crippen LogP contribution in [-0.4, -0.2) is 34.9 Å². The first kappa shape index (κ1) is 13.6. The highest BCUT2D eigenvalue weighted by Gasteiger charge is 2.39. The van der Waals surface area contributed by atoms with Crippen LogP contribution in [0.4, 0.5) is 0 Å². The van der Waals surface area contributed by atoms with Gasteiger partial charge in [-0.05, 0) is 83.4 Å². The summed E-state index contributed by atoms with van der Waals surface area (Å²) in [5.41, 5.74) is 4.23. The Hall–Kier alpha value is -0.810. The Balaban J connectivity index is 1.39. The Bertz CT molecular complexity index is 674. The van der Waals surface area contributed by atoms with E-state index in [1.54, 1.807) is 11.3 Å². The number of hydrogen-bond acceptors (Lipinski definition) is 4. The number of fused-ring (bicyclic) bond motifs is 4. The molecule has 2 nitrogen and oxygen atoms in total. The molecule has 4 aliphatic rings. The molecule has 0 unspecified atom stereocenters. The summed E-state index contributed by atoms with van der Waals surface area (Å²) in [5, 5.41) is 4.40. The van der Waals surface area contributed by atoms with E-state index in [9.17, 15) is 0 Å². The van der Waals surface area contributed by atoms with Crippen molar-refractivity contribution in [3.8, 4) is 11.1 Å². The summed E-state index contributed by atoms with van der Waals surface area (Å²) in [6, 6.07) is 10.0. The summed E-state index contributed by atoms with van der Waals surface area (Å²) in [7, 11) is 0. The molecule has 1 aromatic carbocycles. The Morgan fingerprint density at radius 3 is 2.68 bits per heavy atom. The second-order valence-electron chi connectivity index (χ2n) is 6.71. The van der Waals surface area contributed by atoms with Crippen LogP contribution in [0, 0.1) is 5.92 Å². The molecule has 3 fully saturated rings. The van der Waals surface area contributed by atoms with Gasteiger partial charge in [-0.15, -0.1) is 0 Å². The van der Waals surface area contributed by atoms with Crippen molar-refractivity contribution in [3.05, 3.63) is 40.6 Å². The fourth-order valence-electron chi connectivity index (χ4n) is 4.15. The predicted octanol–water partition coefficient (Wildman–Crippen LogP) is 4.33. The summed E-state index contributed by atoms with van der Waals surface area (Å²) < 4.78 is 2.66. The molecule has 4 aliphatic heterocycles. The molecule has 0 radical (unpaired) electrons. The molecule has 0 spiro atoms. The molecule has 1 atom stereocenters. The largest absolute Gasteiger partial charge is 0.302 e. The second kappa shape index (κ2) is 5.38. The van der Waals surface area contributed by atoms with Crippen molar-refractivity contribution in [1.29, 1.82) is 0 Å². The van der Waals surface area contributed by atoms with E-state index >= 15 is 0 Å². The molecule has 3 saturated heterocycles. The Kier molecular flexibility index (Phi) is 3.33. The molecule has 114 valence electrons. The normalized spacial score (nSPS) is 30.6. The Labute approximate surface area is 140 Å². The van der Waals surface area contributed by atoms with Crippen molar-refractivity contribution < 1.29 is 0 Å². The zero-order chi connectivity index (χ0) is 14.5. The van der Waals surface area contributed by atoms with Gasteiger partial charge in [0.1, 0.15) is 0 Å². The van der Waals surface area contributed by atoms with Crippen LogP contribution in [0.1, 0.15) is 18.4 Å². The van der Waals surface area contributed by atoms with Gasteiger partial charge in [-0.3, -0.25) is 0 Å². The molecule has 0 N–H and O–H groups in total. The monoisotopic (exact) mass is 328 g/mol. The van der Waals surface area contributed by atoms with Crippen LogP contribution >= 0.6 is 23.3 Å². The van der Waals surface area contributed by atoms with Gasteiger partial charge in [0.2, 0.25) is 0 Å². The van der Waals surface area contributed by atoms with Crippen molar-refractivity contribution in [2.75, 3.05) is 19.6 Å². The lowest BCUT2D eigenvalue weighted by molar-refractivity contribution is 0.0420. The lowest BCUT2D eigenvalue weighted by Crippen LogP contribution is -2.54. The van der Waals surface area contributed by atoms with E-state index < -0.39 is 0 Å². The van der Waals surface area contributed by atoms with Crippen molar-refractivity contribution in [3.63, 3.8) is 0 Å². The summed E-state index contributed by atoms with van der Waals surface area (Å²) in [5.74, 6) is 0.920. The van der Waals surface area contributed by atoms with E-state index in [0.29, 0.717) is 0 Å². The van der Waals surface area contributed by atoms with E-state index in [1.807, 2.05) is 11.9 Å². The second-order valence-corrected chi connectivity index (χ2v) is 8.58. The highest BCUT2D eigenvalue weighted by atomic mass is 32.2. The first-order valence-corrected chi connectivity index (χ1v) is 9.91. The fraction of sp³-hybridized carbons (Fsp3) is 0.444. The maximum absolute atomic E-state index is 2.66. The zero-order valence-electron chi connectivity index (χ0n) is 12.6. The maximum Gasteiger partial charge on any atom is 0.0366 e. The summed E-state index contributed by atoms with van der Waals surface area (Å²) in [6.07, 6.45) is 2.80. The zero-order valence-corrected chi connectivity index (χ0v) is 14.2. The van der Waals surface area contributed by atoms with E-state index in [0.717, 1.165) is 18.5 Å². The number of thiophene rings is 1. The molecule has 2 aromatic rings. The topological polar surface area (TPSA) is 6.48 Å². The molecular weight excluding hydrogens is 308 g/mol. The van der Waals surface area contributed by atoms with Gasteiger partial charge in [0.25, 0.3) is 0 Å². The molecule has 0 saturated carbocycles. The van der Waals surface area contributed by atoms with E-state index in [-0.39, 0.29) is 0 Å². The molecule has 6 rings (SSSR count). The first-order valence-electron chi connectivity index (χ1n) is 8.19. The molecular formula is C18H20N2S2. The summed E-state index contributed by atoms with van der Waals surface area (Å²) in [6.45, 7) is 5.06. The lowest BCUT2D eigenvalue weighted by atomic mass is 9.84. The Morgan fingerprint density at radius 1 is 1.05 bits per heavy atom. The smallest absolute Gasteiger partial charge is 0.0366 e. The molecule has 2 bridgehead atoms. The van der Waals surface area contributed by atoms with Gasteiger partial charge in [-0.25, -0.2) is 4.31 Å². The van der Waals surface area contributed by atoms with Crippen LogP contribution in [0.3, 0.4) is 0 Å². The van der Waals surface area contributed by atoms with Crippen molar-refractivity contribution in [2.24, 2.45) is 5.92 Å². The minimum Gasteiger partial charge on any atom is -0.302 e. The highest BCUT2D eigenvalue weighted by Crippen LogP contribution is 2.44. The van der Waals surface area contributed by atoms with Gasteiger partial charge < -0.3 is 4.90 Å². The van der Waals surface area contributed by atoms with Crippen LogP contribution < -0.4 is 0 Å². The quantitative estimate of drug-likeness (QED) is 0.758. The van der Waals surface area contributed by atoms with Crippen LogP contribution in [0.25, 0.3) is 11.1 Å². The SMILES string of the molecule is c1cc(-c2ccc3c(c2)SN([C@@H]2CN4CCC2CC4)C3)cs1.